The fraction of sp³-hybridized carbons (Fsp3) is 0.500. The zero-order valence-corrected chi connectivity index (χ0v) is 12.1. The monoisotopic (exact) mass is 308 g/mol. The van der Waals surface area contributed by atoms with Crippen molar-refractivity contribution in [1.82, 2.24) is 0 Å². The van der Waals surface area contributed by atoms with E-state index in [0.717, 1.165) is 12.8 Å². The highest BCUT2D eigenvalue weighted by atomic mass is 35.5. The fourth-order valence-electron chi connectivity index (χ4n) is 2.01. The summed E-state index contributed by atoms with van der Waals surface area (Å²) in [6, 6.07) is 4.98. The molecular weight excluding hydrogens is 295 g/mol. The molecule has 1 aliphatic rings. The van der Waals surface area contributed by atoms with Gasteiger partial charge in [0.1, 0.15) is 0 Å². The topological polar surface area (TPSA) is 43.4 Å². The molecule has 18 heavy (non-hydrogen) atoms. The summed E-state index contributed by atoms with van der Waals surface area (Å²) in [5.41, 5.74) is 0.471. The van der Waals surface area contributed by atoms with Gasteiger partial charge in [-0.25, -0.2) is 8.42 Å². The first kappa shape index (κ1) is 14.1. The third-order valence-corrected chi connectivity index (χ3v) is 5.21. The van der Waals surface area contributed by atoms with Crippen LogP contribution in [0.3, 0.4) is 0 Å². The van der Waals surface area contributed by atoms with E-state index >= 15 is 0 Å². The molecule has 1 aliphatic heterocycles. The van der Waals surface area contributed by atoms with Crippen LogP contribution in [0.25, 0.3) is 0 Å². The highest BCUT2D eigenvalue weighted by Crippen LogP contribution is 2.27. The third-order valence-electron chi connectivity index (χ3n) is 2.89. The lowest BCUT2D eigenvalue weighted by Gasteiger charge is -2.11. The summed E-state index contributed by atoms with van der Waals surface area (Å²) in [6.07, 6.45) is 1.54. The Balaban J connectivity index is 2.12. The van der Waals surface area contributed by atoms with Gasteiger partial charge < -0.3 is 4.74 Å². The molecule has 1 unspecified atom stereocenters. The molecule has 0 amide bonds. The number of hydrogen-bond acceptors (Lipinski definition) is 3. The SMILES string of the molecule is O=S(=O)(Cc1c(Cl)cccc1Cl)CC1CCCO1. The predicted octanol–water partition coefficient (Wildman–Crippen LogP) is 3.09. The number of ether oxygens (including phenoxy) is 1. The average Bonchev–Trinajstić information content (AvgIpc) is 2.75. The molecule has 0 bridgehead atoms. The maximum absolute atomic E-state index is 12.1. The van der Waals surface area contributed by atoms with Gasteiger partial charge in [-0.1, -0.05) is 29.3 Å². The van der Waals surface area contributed by atoms with Crippen molar-refractivity contribution in [3.8, 4) is 0 Å². The van der Waals surface area contributed by atoms with E-state index in [1.807, 2.05) is 0 Å². The van der Waals surface area contributed by atoms with Crippen LogP contribution in [-0.4, -0.2) is 26.9 Å². The van der Waals surface area contributed by atoms with Gasteiger partial charge >= 0.3 is 0 Å². The van der Waals surface area contributed by atoms with Crippen LogP contribution in [0.15, 0.2) is 18.2 Å². The standard InChI is InChI=1S/C12H14Cl2O3S/c13-11-4-1-5-12(14)10(11)8-18(15,16)7-9-3-2-6-17-9/h1,4-5,9H,2-3,6-8H2. The van der Waals surface area contributed by atoms with Crippen molar-refractivity contribution in [3.05, 3.63) is 33.8 Å². The van der Waals surface area contributed by atoms with Gasteiger partial charge in [-0.3, -0.25) is 0 Å². The molecule has 2 rings (SSSR count). The Morgan fingerprint density at radius 2 is 1.94 bits per heavy atom. The maximum Gasteiger partial charge on any atom is 0.157 e. The second-order valence-electron chi connectivity index (χ2n) is 4.39. The molecule has 1 fully saturated rings. The minimum atomic E-state index is -3.26. The lowest BCUT2D eigenvalue weighted by Crippen LogP contribution is -2.21. The highest BCUT2D eigenvalue weighted by molar-refractivity contribution is 7.90. The largest absolute Gasteiger partial charge is 0.377 e. The Kier molecular flexibility index (Phi) is 4.54. The van der Waals surface area contributed by atoms with Crippen LogP contribution in [-0.2, 0) is 20.3 Å². The second kappa shape index (κ2) is 5.78. The van der Waals surface area contributed by atoms with E-state index < -0.39 is 9.84 Å². The van der Waals surface area contributed by atoms with Crippen LogP contribution in [0.2, 0.25) is 10.0 Å². The summed E-state index contributed by atoms with van der Waals surface area (Å²) in [6.45, 7) is 0.646. The molecule has 3 nitrogen and oxygen atoms in total. The summed E-state index contributed by atoms with van der Waals surface area (Å²) in [5.74, 6) is -0.0973. The van der Waals surface area contributed by atoms with E-state index in [0.29, 0.717) is 22.2 Å². The van der Waals surface area contributed by atoms with E-state index in [1.54, 1.807) is 18.2 Å². The molecule has 0 spiro atoms. The van der Waals surface area contributed by atoms with E-state index in [-0.39, 0.29) is 17.6 Å². The molecule has 1 aromatic carbocycles. The summed E-state index contributed by atoms with van der Waals surface area (Å²) >= 11 is 11.9. The molecule has 0 aliphatic carbocycles. The summed E-state index contributed by atoms with van der Waals surface area (Å²) in [5, 5.41) is 0.775. The van der Waals surface area contributed by atoms with Crippen molar-refractivity contribution in [2.45, 2.75) is 24.7 Å². The van der Waals surface area contributed by atoms with Crippen LogP contribution in [0.1, 0.15) is 18.4 Å². The van der Waals surface area contributed by atoms with E-state index in [4.69, 9.17) is 27.9 Å². The first-order valence-corrected chi connectivity index (χ1v) is 8.30. The Morgan fingerprint density at radius 3 is 2.50 bits per heavy atom. The normalized spacial score (nSPS) is 20.2. The predicted molar refractivity (Wildman–Crippen MR) is 72.9 cm³/mol. The van der Waals surface area contributed by atoms with Crippen LogP contribution < -0.4 is 0 Å². The van der Waals surface area contributed by atoms with Gasteiger partial charge in [0.25, 0.3) is 0 Å². The minimum Gasteiger partial charge on any atom is -0.377 e. The lowest BCUT2D eigenvalue weighted by atomic mass is 10.2. The van der Waals surface area contributed by atoms with Gasteiger partial charge in [0.2, 0.25) is 0 Å². The third kappa shape index (κ3) is 3.60. The zero-order valence-electron chi connectivity index (χ0n) is 9.73. The van der Waals surface area contributed by atoms with Crippen molar-refractivity contribution < 1.29 is 13.2 Å². The smallest absolute Gasteiger partial charge is 0.157 e. The molecule has 0 saturated carbocycles. The zero-order chi connectivity index (χ0) is 13.2. The van der Waals surface area contributed by atoms with Gasteiger partial charge in [0.05, 0.1) is 17.6 Å². The Labute approximate surface area is 117 Å². The Morgan fingerprint density at radius 1 is 1.28 bits per heavy atom. The van der Waals surface area contributed by atoms with Gasteiger partial charge in [-0.15, -0.1) is 0 Å². The molecule has 0 N–H and O–H groups in total. The molecular formula is C12H14Cl2O3S. The van der Waals surface area contributed by atoms with Crippen LogP contribution in [0.5, 0.6) is 0 Å². The number of benzene rings is 1. The quantitative estimate of drug-likeness (QED) is 0.858. The van der Waals surface area contributed by atoms with E-state index in [1.165, 1.54) is 0 Å². The number of halogens is 2. The van der Waals surface area contributed by atoms with Crippen molar-refractivity contribution in [3.63, 3.8) is 0 Å². The number of sulfone groups is 1. The molecule has 1 heterocycles. The van der Waals surface area contributed by atoms with Gasteiger partial charge in [-0.2, -0.15) is 0 Å². The molecule has 100 valence electrons. The molecule has 1 saturated heterocycles. The molecule has 0 radical (unpaired) electrons. The van der Waals surface area contributed by atoms with Gasteiger partial charge in [0, 0.05) is 22.2 Å². The number of rotatable bonds is 4. The summed E-state index contributed by atoms with van der Waals surface area (Å²) in [4.78, 5) is 0. The molecule has 6 heteroatoms. The summed E-state index contributed by atoms with van der Waals surface area (Å²) in [7, 11) is -3.26. The van der Waals surface area contributed by atoms with Crippen molar-refractivity contribution in [2.24, 2.45) is 0 Å². The Hall–Kier alpha value is -0.290. The second-order valence-corrected chi connectivity index (χ2v) is 7.31. The molecule has 1 atom stereocenters. The molecule has 1 aromatic rings. The Bertz CT molecular complexity index is 502. The number of hydrogen-bond donors (Lipinski definition) is 0. The first-order chi connectivity index (χ1) is 8.48. The van der Waals surface area contributed by atoms with Crippen LogP contribution >= 0.6 is 23.2 Å². The maximum atomic E-state index is 12.1. The van der Waals surface area contributed by atoms with Gasteiger partial charge in [0.15, 0.2) is 9.84 Å². The van der Waals surface area contributed by atoms with Crippen molar-refractivity contribution in [1.29, 1.82) is 0 Å². The van der Waals surface area contributed by atoms with Crippen molar-refractivity contribution >= 4 is 33.0 Å². The van der Waals surface area contributed by atoms with Crippen molar-refractivity contribution in [2.75, 3.05) is 12.4 Å². The average molecular weight is 309 g/mol. The van der Waals surface area contributed by atoms with E-state index in [9.17, 15) is 8.42 Å². The summed E-state index contributed by atoms with van der Waals surface area (Å²) < 4.78 is 29.5. The lowest BCUT2D eigenvalue weighted by molar-refractivity contribution is 0.127. The van der Waals surface area contributed by atoms with Crippen LogP contribution in [0.4, 0.5) is 0 Å². The molecule has 0 aromatic heterocycles. The fourth-order valence-corrected chi connectivity index (χ4v) is 4.40. The van der Waals surface area contributed by atoms with E-state index in [2.05, 4.69) is 0 Å². The van der Waals surface area contributed by atoms with Gasteiger partial charge in [-0.05, 0) is 25.0 Å². The minimum absolute atomic E-state index is 0.0363. The van der Waals surface area contributed by atoms with Crippen LogP contribution in [0, 0.1) is 0 Å². The first-order valence-electron chi connectivity index (χ1n) is 5.73. The highest BCUT2D eigenvalue weighted by Gasteiger charge is 2.24.